The van der Waals surface area contributed by atoms with E-state index in [2.05, 4.69) is 0 Å². The summed E-state index contributed by atoms with van der Waals surface area (Å²) in [6, 6.07) is 9.14. The van der Waals surface area contributed by atoms with Gasteiger partial charge in [-0.2, -0.15) is 0 Å². The van der Waals surface area contributed by atoms with Crippen molar-refractivity contribution < 1.29 is 24.9 Å². The topological polar surface area (TPSA) is 121 Å². The van der Waals surface area contributed by atoms with Crippen molar-refractivity contribution in [3.63, 3.8) is 0 Å². The van der Waals surface area contributed by atoms with Crippen molar-refractivity contribution in [3.05, 3.63) is 68.9 Å². The fourth-order valence-electron chi connectivity index (χ4n) is 1.69. The minimum absolute atomic E-state index is 0.448. The number of carboxylic acids is 2. The summed E-state index contributed by atoms with van der Waals surface area (Å²) in [5.74, 6) is -2.51. The molecule has 1 aromatic heterocycles. The largest absolute Gasteiger partial charge is 0.478 e. The molecule has 0 fully saturated rings. The standard InChI is InChI=1S/C12H12ClNOS.C4H4O4/c13-10-3-1-8(2-4-10)11(15)12-9(7-14)5-6-16-12;5-3(6)1-2-4(7)8/h1-6,11,15H,7,14H2;1-2H,(H,5,6)(H,7,8)/b;2-1-. The van der Waals surface area contributed by atoms with Gasteiger partial charge in [-0.25, -0.2) is 9.59 Å². The van der Waals surface area contributed by atoms with Gasteiger partial charge in [0.1, 0.15) is 6.10 Å². The highest BCUT2D eigenvalue weighted by Crippen LogP contribution is 2.30. The molecule has 1 unspecified atom stereocenters. The molecule has 0 radical (unpaired) electrons. The van der Waals surface area contributed by atoms with Crippen molar-refractivity contribution in [2.75, 3.05) is 0 Å². The molecule has 0 saturated heterocycles. The molecule has 0 aliphatic rings. The lowest BCUT2D eigenvalue weighted by molar-refractivity contribution is -0.134. The summed E-state index contributed by atoms with van der Waals surface area (Å²) in [6.07, 6.45) is 0.501. The van der Waals surface area contributed by atoms with Crippen molar-refractivity contribution in [2.24, 2.45) is 5.73 Å². The van der Waals surface area contributed by atoms with Gasteiger partial charge < -0.3 is 21.1 Å². The minimum atomic E-state index is -1.26. The molecule has 0 amide bonds. The third-order valence-corrected chi connectivity index (χ3v) is 4.07. The van der Waals surface area contributed by atoms with E-state index in [1.165, 1.54) is 11.3 Å². The zero-order chi connectivity index (χ0) is 18.1. The van der Waals surface area contributed by atoms with Gasteiger partial charge in [-0.05, 0) is 34.7 Å². The van der Waals surface area contributed by atoms with Gasteiger partial charge in [-0.1, -0.05) is 23.7 Å². The number of thiophene rings is 1. The van der Waals surface area contributed by atoms with E-state index in [-0.39, 0.29) is 0 Å². The Hall–Kier alpha value is -2.19. The van der Waals surface area contributed by atoms with Gasteiger partial charge in [0.15, 0.2) is 0 Å². The van der Waals surface area contributed by atoms with Crippen molar-refractivity contribution in [1.29, 1.82) is 0 Å². The van der Waals surface area contributed by atoms with Crippen molar-refractivity contribution >= 4 is 34.9 Å². The lowest BCUT2D eigenvalue weighted by atomic mass is 10.1. The van der Waals surface area contributed by atoms with Gasteiger partial charge in [0.2, 0.25) is 0 Å². The van der Waals surface area contributed by atoms with Crippen LogP contribution in [0.1, 0.15) is 22.1 Å². The Labute approximate surface area is 147 Å². The third-order valence-electron chi connectivity index (χ3n) is 2.80. The number of carboxylic acid groups (broad SMARTS) is 2. The Morgan fingerprint density at radius 3 is 2.12 bits per heavy atom. The maximum atomic E-state index is 10.2. The summed E-state index contributed by atoms with van der Waals surface area (Å²) in [5, 5.41) is 28.4. The molecule has 2 rings (SSSR count). The second-order valence-electron chi connectivity index (χ2n) is 4.48. The van der Waals surface area contributed by atoms with E-state index in [4.69, 9.17) is 27.5 Å². The molecule has 0 aliphatic heterocycles. The Morgan fingerprint density at radius 2 is 1.67 bits per heavy atom. The average molecular weight is 370 g/mol. The number of benzene rings is 1. The zero-order valence-corrected chi connectivity index (χ0v) is 14.0. The number of halogens is 1. The predicted octanol–water partition coefficient (Wildman–Crippen LogP) is 2.65. The molecule has 8 heteroatoms. The van der Waals surface area contributed by atoms with Crippen LogP contribution >= 0.6 is 22.9 Å². The zero-order valence-electron chi connectivity index (χ0n) is 12.4. The average Bonchev–Trinajstić information content (AvgIpc) is 3.02. The Balaban J connectivity index is 0.000000307. The Kier molecular flexibility index (Phi) is 8.14. The molecule has 2 aromatic rings. The molecule has 0 spiro atoms. The molecule has 1 aromatic carbocycles. The van der Waals surface area contributed by atoms with E-state index in [0.717, 1.165) is 16.0 Å². The van der Waals surface area contributed by atoms with Gasteiger partial charge in [-0.3, -0.25) is 0 Å². The molecular formula is C16H16ClNO5S. The molecule has 0 aliphatic carbocycles. The normalized spacial score (nSPS) is 11.6. The van der Waals surface area contributed by atoms with E-state index in [9.17, 15) is 14.7 Å². The second kappa shape index (κ2) is 9.84. The van der Waals surface area contributed by atoms with Gasteiger partial charge in [0, 0.05) is 28.6 Å². The van der Waals surface area contributed by atoms with E-state index < -0.39 is 18.0 Å². The smallest absolute Gasteiger partial charge is 0.328 e. The molecule has 0 bridgehead atoms. The summed E-state index contributed by atoms with van der Waals surface area (Å²) >= 11 is 7.32. The fourth-order valence-corrected chi connectivity index (χ4v) is 2.77. The first-order valence-electron chi connectivity index (χ1n) is 6.69. The summed E-state index contributed by atoms with van der Waals surface area (Å²) in [4.78, 5) is 20.0. The van der Waals surface area contributed by atoms with E-state index in [1.807, 2.05) is 23.6 Å². The van der Waals surface area contributed by atoms with Gasteiger partial charge in [0.25, 0.3) is 0 Å². The molecule has 0 saturated carbocycles. The molecule has 6 nitrogen and oxygen atoms in total. The molecule has 5 N–H and O–H groups in total. The van der Waals surface area contributed by atoms with Crippen LogP contribution in [-0.4, -0.2) is 27.3 Å². The van der Waals surface area contributed by atoms with Crippen LogP contribution in [0.5, 0.6) is 0 Å². The van der Waals surface area contributed by atoms with Crippen LogP contribution in [0, 0.1) is 0 Å². The number of rotatable bonds is 5. The number of aliphatic hydroxyl groups is 1. The fraction of sp³-hybridized carbons (Fsp3) is 0.125. The van der Waals surface area contributed by atoms with E-state index in [1.54, 1.807) is 12.1 Å². The van der Waals surface area contributed by atoms with Gasteiger partial charge in [-0.15, -0.1) is 11.3 Å². The number of hydrogen-bond acceptors (Lipinski definition) is 5. The third kappa shape index (κ3) is 6.51. The lowest BCUT2D eigenvalue weighted by Gasteiger charge is -2.11. The monoisotopic (exact) mass is 369 g/mol. The lowest BCUT2D eigenvalue weighted by Crippen LogP contribution is -2.03. The quantitative estimate of drug-likeness (QED) is 0.601. The molecular weight excluding hydrogens is 354 g/mol. The maximum absolute atomic E-state index is 10.2. The predicted molar refractivity (Wildman–Crippen MR) is 92.1 cm³/mol. The number of aliphatic carboxylic acids is 2. The Bertz CT molecular complexity index is 696. The second-order valence-corrected chi connectivity index (χ2v) is 5.86. The number of carbonyl (C=O) groups is 2. The van der Waals surface area contributed by atoms with Gasteiger partial charge >= 0.3 is 11.9 Å². The highest BCUT2D eigenvalue weighted by atomic mass is 35.5. The summed E-state index contributed by atoms with van der Waals surface area (Å²) in [6.45, 7) is 0.448. The van der Waals surface area contributed by atoms with Crippen LogP contribution in [0.2, 0.25) is 5.02 Å². The summed E-state index contributed by atoms with van der Waals surface area (Å²) in [7, 11) is 0. The van der Waals surface area contributed by atoms with Crippen LogP contribution < -0.4 is 5.73 Å². The maximum Gasteiger partial charge on any atom is 0.328 e. The van der Waals surface area contributed by atoms with Crippen molar-refractivity contribution in [2.45, 2.75) is 12.6 Å². The number of hydrogen-bond donors (Lipinski definition) is 4. The molecule has 1 heterocycles. The van der Waals surface area contributed by atoms with Crippen LogP contribution in [0.15, 0.2) is 47.9 Å². The van der Waals surface area contributed by atoms with Crippen LogP contribution in [0.4, 0.5) is 0 Å². The SMILES string of the molecule is NCc1ccsc1C(O)c1ccc(Cl)cc1.O=C(O)/C=C\C(=O)O. The molecule has 128 valence electrons. The van der Waals surface area contributed by atoms with Crippen molar-refractivity contribution in [3.8, 4) is 0 Å². The van der Waals surface area contributed by atoms with Crippen molar-refractivity contribution in [1.82, 2.24) is 0 Å². The van der Waals surface area contributed by atoms with Crippen LogP contribution in [-0.2, 0) is 16.1 Å². The van der Waals surface area contributed by atoms with Crippen LogP contribution in [0.25, 0.3) is 0 Å². The first-order chi connectivity index (χ1) is 11.3. The highest BCUT2D eigenvalue weighted by Gasteiger charge is 2.15. The van der Waals surface area contributed by atoms with Gasteiger partial charge in [0.05, 0.1) is 0 Å². The van der Waals surface area contributed by atoms with Crippen LogP contribution in [0.3, 0.4) is 0 Å². The number of nitrogens with two attached hydrogens (primary N) is 1. The molecule has 1 atom stereocenters. The van der Waals surface area contributed by atoms with E-state index in [0.29, 0.717) is 23.7 Å². The number of aliphatic hydroxyl groups excluding tert-OH is 1. The first-order valence-corrected chi connectivity index (χ1v) is 7.94. The molecule has 24 heavy (non-hydrogen) atoms. The summed E-state index contributed by atoms with van der Waals surface area (Å²) < 4.78 is 0. The minimum Gasteiger partial charge on any atom is -0.478 e. The first kappa shape index (κ1) is 19.9. The van der Waals surface area contributed by atoms with E-state index >= 15 is 0 Å². The summed E-state index contributed by atoms with van der Waals surface area (Å²) in [5.41, 5.74) is 7.44. The Morgan fingerprint density at radius 1 is 1.12 bits per heavy atom. The highest BCUT2D eigenvalue weighted by molar-refractivity contribution is 7.10.